The Labute approximate surface area is 128 Å². The van der Waals surface area contributed by atoms with E-state index >= 15 is 0 Å². The van der Waals surface area contributed by atoms with E-state index in [0.29, 0.717) is 6.04 Å². The van der Waals surface area contributed by atoms with Crippen LogP contribution in [0, 0.1) is 6.92 Å². The van der Waals surface area contributed by atoms with Gasteiger partial charge < -0.3 is 5.32 Å². The maximum atomic E-state index is 4.15. The molecule has 0 amide bonds. The lowest BCUT2D eigenvalue weighted by atomic mass is 10.1. The number of aromatic nitrogens is 4. The topological polar surface area (TPSA) is 55.6 Å². The van der Waals surface area contributed by atoms with E-state index in [2.05, 4.69) is 46.0 Å². The molecule has 0 spiro atoms. The van der Waals surface area contributed by atoms with E-state index in [0.717, 1.165) is 17.7 Å². The molecule has 0 saturated heterocycles. The Hall–Kier alpha value is -1.40. The van der Waals surface area contributed by atoms with Gasteiger partial charge in [0.15, 0.2) is 0 Å². The Bertz CT molecular complexity index is 645. The molecule has 2 aliphatic rings. The van der Waals surface area contributed by atoms with E-state index < -0.39 is 0 Å². The van der Waals surface area contributed by atoms with Crippen LogP contribution in [0.25, 0.3) is 0 Å². The fourth-order valence-electron chi connectivity index (χ4n) is 2.38. The molecule has 2 aliphatic carbocycles. The molecular formula is C15H19N5S. The van der Waals surface area contributed by atoms with Crippen molar-refractivity contribution >= 4 is 11.8 Å². The summed E-state index contributed by atoms with van der Waals surface area (Å²) >= 11 is 1.66. The zero-order valence-electron chi connectivity index (χ0n) is 12.1. The van der Waals surface area contributed by atoms with Crippen molar-refractivity contribution in [2.75, 3.05) is 0 Å². The molecule has 5 nitrogen and oxygen atoms in total. The smallest absolute Gasteiger partial charge is 0.214 e. The lowest BCUT2D eigenvalue weighted by Gasteiger charge is -2.09. The predicted octanol–water partition coefficient (Wildman–Crippen LogP) is 2.72. The minimum Gasteiger partial charge on any atom is -0.310 e. The maximum Gasteiger partial charge on any atom is 0.214 e. The Morgan fingerprint density at radius 2 is 2.14 bits per heavy atom. The molecule has 110 valence electrons. The average Bonchev–Trinajstić information content (AvgIpc) is 3.39. The highest BCUT2D eigenvalue weighted by atomic mass is 32.2. The van der Waals surface area contributed by atoms with Crippen LogP contribution in [-0.4, -0.2) is 26.2 Å². The van der Waals surface area contributed by atoms with Crippen molar-refractivity contribution in [3.8, 4) is 0 Å². The Morgan fingerprint density at radius 3 is 2.86 bits per heavy atom. The molecular weight excluding hydrogens is 282 g/mol. The summed E-state index contributed by atoms with van der Waals surface area (Å²) in [6.45, 7) is 3.15. The van der Waals surface area contributed by atoms with Crippen LogP contribution >= 0.6 is 11.8 Å². The summed E-state index contributed by atoms with van der Waals surface area (Å²) in [4.78, 5) is 1.21. The average molecular weight is 301 g/mol. The highest BCUT2D eigenvalue weighted by molar-refractivity contribution is 7.99. The number of hydrogen-bond donors (Lipinski definition) is 1. The summed E-state index contributed by atoms with van der Waals surface area (Å²) < 4.78 is 1.96. The lowest BCUT2D eigenvalue weighted by Crippen LogP contribution is -2.15. The van der Waals surface area contributed by atoms with Crippen LogP contribution in [0.1, 0.15) is 42.9 Å². The standard InChI is InChI=1S/C15H19N5S/c1-10-8-14(7-2-11(10)9-16-12-3-4-12)21-15-17-18-19-20(15)13-5-6-13/h2,7-8,12-13,16H,3-6,9H2,1H3. The number of nitrogens with zero attached hydrogens (tertiary/aromatic N) is 4. The number of benzene rings is 1. The van der Waals surface area contributed by atoms with Crippen LogP contribution in [0.15, 0.2) is 28.3 Å². The molecule has 0 aliphatic heterocycles. The van der Waals surface area contributed by atoms with E-state index in [9.17, 15) is 0 Å². The van der Waals surface area contributed by atoms with E-state index in [4.69, 9.17) is 0 Å². The van der Waals surface area contributed by atoms with Crippen molar-refractivity contribution < 1.29 is 0 Å². The maximum absolute atomic E-state index is 4.15. The number of aryl methyl sites for hydroxylation is 1. The molecule has 2 saturated carbocycles. The molecule has 6 heteroatoms. The number of nitrogens with one attached hydrogen (secondary N) is 1. The molecule has 2 aromatic rings. The van der Waals surface area contributed by atoms with Gasteiger partial charge in [0.1, 0.15) is 0 Å². The van der Waals surface area contributed by atoms with Crippen molar-refractivity contribution in [2.45, 2.75) is 61.3 Å². The lowest BCUT2D eigenvalue weighted by molar-refractivity contribution is 0.565. The third kappa shape index (κ3) is 3.11. The van der Waals surface area contributed by atoms with E-state index in [1.807, 2.05) is 4.68 Å². The fraction of sp³-hybridized carbons (Fsp3) is 0.533. The SMILES string of the molecule is Cc1cc(Sc2nnnn2C2CC2)ccc1CNC1CC1. The van der Waals surface area contributed by atoms with Crippen molar-refractivity contribution in [3.05, 3.63) is 29.3 Å². The largest absolute Gasteiger partial charge is 0.310 e. The number of rotatable bonds is 6. The first-order valence-corrected chi connectivity index (χ1v) is 8.40. The molecule has 4 rings (SSSR count). The quantitative estimate of drug-likeness (QED) is 0.889. The van der Waals surface area contributed by atoms with Crippen molar-refractivity contribution in [1.82, 2.24) is 25.5 Å². The molecule has 0 atom stereocenters. The molecule has 0 unspecified atom stereocenters. The van der Waals surface area contributed by atoms with E-state index in [1.54, 1.807) is 11.8 Å². The van der Waals surface area contributed by atoms with Gasteiger partial charge in [-0.05, 0) is 78.1 Å². The van der Waals surface area contributed by atoms with Gasteiger partial charge in [-0.2, -0.15) is 0 Å². The van der Waals surface area contributed by atoms with Crippen LogP contribution in [0.3, 0.4) is 0 Å². The third-order valence-electron chi connectivity index (χ3n) is 4.04. The normalized spacial score (nSPS) is 18.1. The van der Waals surface area contributed by atoms with Crippen LogP contribution in [0.5, 0.6) is 0 Å². The predicted molar refractivity (Wildman–Crippen MR) is 81.3 cm³/mol. The van der Waals surface area contributed by atoms with Gasteiger partial charge in [0.25, 0.3) is 0 Å². The van der Waals surface area contributed by atoms with Gasteiger partial charge in [0.2, 0.25) is 5.16 Å². The van der Waals surface area contributed by atoms with E-state index in [-0.39, 0.29) is 0 Å². The molecule has 1 aromatic carbocycles. The highest BCUT2D eigenvalue weighted by Gasteiger charge is 2.28. The van der Waals surface area contributed by atoms with Crippen LogP contribution in [-0.2, 0) is 6.54 Å². The van der Waals surface area contributed by atoms with E-state index in [1.165, 1.54) is 41.7 Å². The second-order valence-electron chi connectivity index (χ2n) is 5.98. The van der Waals surface area contributed by atoms with Gasteiger partial charge in [-0.15, -0.1) is 5.10 Å². The zero-order chi connectivity index (χ0) is 14.2. The highest BCUT2D eigenvalue weighted by Crippen LogP contribution is 2.38. The fourth-order valence-corrected chi connectivity index (χ4v) is 3.32. The monoisotopic (exact) mass is 301 g/mol. The summed E-state index contributed by atoms with van der Waals surface area (Å²) in [5, 5.41) is 16.5. The van der Waals surface area contributed by atoms with Crippen molar-refractivity contribution in [1.29, 1.82) is 0 Å². The minimum absolute atomic E-state index is 0.519. The molecule has 1 heterocycles. The molecule has 2 fully saturated rings. The second kappa shape index (κ2) is 5.42. The molecule has 21 heavy (non-hydrogen) atoms. The Balaban J connectivity index is 1.46. The van der Waals surface area contributed by atoms with Crippen LogP contribution in [0.4, 0.5) is 0 Å². The molecule has 1 aromatic heterocycles. The number of hydrogen-bond acceptors (Lipinski definition) is 5. The van der Waals surface area contributed by atoms with Gasteiger partial charge in [-0.1, -0.05) is 6.07 Å². The van der Waals surface area contributed by atoms with Gasteiger partial charge in [-0.25, -0.2) is 4.68 Å². The summed E-state index contributed by atoms with van der Waals surface area (Å²) in [5.41, 5.74) is 2.71. The molecule has 0 radical (unpaired) electrons. The summed E-state index contributed by atoms with van der Waals surface area (Å²) in [7, 11) is 0. The first-order valence-electron chi connectivity index (χ1n) is 7.58. The zero-order valence-corrected chi connectivity index (χ0v) is 12.9. The van der Waals surface area contributed by atoms with Gasteiger partial charge in [0.05, 0.1) is 6.04 Å². The second-order valence-corrected chi connectivity index (χ2v) is 7.02. The van der Waals surface area contributed by atoms with Gasteiger partial charge >= 0.3 is 0 Å². The van der Waals surface area contributed by atoms with Gasteiger partial charge in [-0.3, -0.25) is 0 Å². The first kappa shape index (κ1) is 13.3. The van der Waals surface area contributed by atoms with Gasteiger partial charge in [0, 0.05) is 17.5 Å². The Morgan fingerprint density at radius 1 is 1.29 bits per heavy atom. The van der Waals surface area contributed by atoms with Crippen molar-refractivity contribution in [3.63, 3.8) is 0 Å². The Kier molecular flexibility index (Phi) is 3.43. The summed E-state index contributed by atoms with van der Waals surface area (Å²) in [6, 6.07) is 7.90. The van der Waals surface area contributed by atoms with Crippen LogP contribution < -0.4 is 5.32 Å². The summed E-state index contributed by atoms with van der Waals surface area (Å²) in [5.74, 6) is 0. The molecule has 0 bridgehead atoms. The molecule has 1 N–H and O–H groups in total. The third-order valence-corrected chi connectivity index (χ3v) is 4.98. The van der Waals surface area contributed by atoms with Crippen LogP contribution in [0.2, 0.25) is 0 Å². The first-order chi connectivity index (χ1) is 10.3. The summed E-state index contributed by atoms with van der Waals surface area (Å²) in [6.07, 6.45) is 5.06. The van der Waals surface area contributed by atoms with Crippen molar-refractivity contribution in [2.24, 2.45) is 0 Å². The number of tetrazole rings is 1. The minimum atomic E-state index is 0.519.